The molecule has 0 aromatic heterocycles. The summed E-state index contributed by atoms with van der Waals surface area (Å²) in [5.41, 5.74) is 0.937. The number of amides is 1. The van der Waals surface area contributed by atoms with Crippen molar-refractivity contribution in [1.29, 1.82) is 0 Å². The maximum absolute atomic E-state index is 12.5. The number of thioether (sulfide) groups is 1. The quantitative estimate of drug-likeness (QED) is 0.838. The molecule has 1 unspecified atom stereocenters. The normalized spacial score (nSPS) is 19.4. The van der Waals surface area contributed by atoms with Gasteiger partial charge in [0.15, 0.2) is 0 Å². The van der Waals surface area contributed by atoms with E-state index in [1.807, 2.05) is 0 Å². The van der Waals surface area contributed by atoms with E-state index >= 15 is 0 Å². The van der Waals surface area contributed by atoms with Crippen LogP contribution in [-0.2, 0) is 4.79 Å². The Hall–Kier alpha value is -1.00. The Balaban J connectivity index is 1.99. The maximum atomic E-state index is 12.5. The van der Waals surface area contributed by atoms with Crippen LogP contribution in [0.3, 0.4) is 0 Å². The van der Waals surface area contributed by atoms with Gasteiger partial charge in [0.1, 0.15) is 0 Å². The fourth-order valence-corrected chi connectivity index (χ4v) is 2.96. The van der Waals surface area contributed by atoms with E-state index in [1.165, 1.54) is 4.90 Å². The molecular formula is C16H24N2OS. The lowest BCUT2D eigenvalue weighted by atomic mass is 9.80. The summed E-state index contributed by atoms with van der Waals surface area (Å²) in [6.07, 6.45) is 3.89. The van der Waals surface area contributed by atoms with Gasteiger partial charge in [0.05, 0.1) is 6.04 Å². The second-order valence-electron chi connectivity index (χ2n) is 5.78. The Morgan fingerprint density at radius 1 is 1.30 bits per heavy atom. The van der Waals surface area contributed by atoms with Gasteiger partial charge in [-0.3, -0.25) is 4.79 Å². The largest absolute Gasteiger partial charge is 0.349 e. The predicted molar refractivity (Wildman–Crippen MR) is 85.0 cm³/mol. The molecule has 0 saturated carbocycles. The highest BCUT2D eigenvalue weighted by molar-refractivity contribution is 7.98. The number of nitrogens with one attached hydrogen (secondary N) is 2. The van der Waals surface area contributed by atoms with Crippen LogP contribution < -0.4 is 10.6 Å². The van der Waals surface area contributed by atoms with Gasteiger partial charge in [-0.05, 0) is 56.8 Å². The predicted octanol–water partition coefficient (Wildman–Crippen LogP) is 2.98. The van der Waals surface area contributed by atoms with Gasteiger partial charge in [0, 0.05) is 10.3 Å². The van der Waals surface area contributed by atoms with Crippen molar-refractivity contribution in [2.75, 3.05) is 19.3 Å². The minimum atomic E-state index is -0.223. The van der Waals surface area contributed by atoms with Crippen molar-refractivity contribution < 1.29 is 4.79 Å². The van der Waals surface area contributed by atoms with Crippen molar-refractivity contribution in [3.63, 3.8) is 0 Å². The molecule has 1 saturated heterocycles. The van der Waals surface area contributed by atoms with Gasteiger partial charge >= 0.3 is 0 Å². The van der Waals surface area contributed by atoms with Gasteiger partial charge in [-0.1, -0.05) is 19.1 Å². The van der Waals surface area contributed by atoms with Crippen LogP contribution in [0.2, 0.25) is 0 Å². The lowest BCUT2D eigenvalue weighted by molar-refractivity contribution is -0.132. The molecule has 1 aliphatic rings. The molecule has 1 atom stereocenters. The third-order valence-corrected chi connectivity index (χ3v) is 4.96. The smallest absolute Gasteiger partial charge is 0.226 e. The summed E-state index contributed by atoms with van der Waals surface area (Å²) in [5.74, 6) is 0.181. The molecule has 0 radical (unpaired) electrons. The van der Waals surface area contributed by atoms with E-state index in [-0.39, 0.29) is 17.4 Å². The van der Waals surface area contributed by atoms with Gasteiger partial charge < -0.3 is 10.6 Å². The van der Waals surface area contributed by atoms with Gasteiger partial charge in [-0.25, -0.2) is 0 Å². The molecule has 1 fully saturated rings. The molecule has 1 heterocycles. The van der Waals surface area contributed by atoms with E-state index in [0.29, 0.717) is 0 Å². The molecule has 2 N–H and O–H groups in total. The summed E-state index contributed by atoms with van der Waals surface area (Å²) in [6.45, 7) is 5.99. The van der Waals surface area contributed by atoms with Crippen LogP contribution in [-0.4, -0.2) is 25.3 Å². The first kappa shape index (κ1) is 15.4. The van der Waals surface area contributed by atoms with Crippen LogP contribution in [0.25, 0.3) is 0 Å². The standard InChI is InChI=1S/C16H24N2OS/c1-12(13-4-6-14(20-3)7-5-13)18-15(19)16(2)8-10-17-11-9-16/h4-7,12,17H,8-11H2,1-3H3,(H,18,19). The van der Waals surface area contributed by atoms with Crippen molar-refractivity contribution in [2.24, 2.45) is 5.41 Å². The molecule has 4 heteroatoms. The van der Waals surface area contributed by atoms with Gasteiger partial charge in [-0.2, -0.15) is 0 Å². The zero-order valence-corrected chi connectivity index (χ0v) is 13.3. The third-order valence-electron chi connectivity index (χ3n) is 4.22. The second kappa shape index (κ2) is 6.64. The number of rotatable bonds is 4. The van der Waals surface area contributed by atoms with Crippen molar-refractivity contribution in [1.82, 2.24) is 10.6 Å². The Kier molecular flexibility index (Phi) is 5.11. The third kappa shape index (κ3) is 3.55. The second-order valence-corrected chi connectivity index (χ2v) is 6.66. The number of hydrogen-bond donors (Lipinski definition) is 2. The molecule has 0 bridgehead atoms. The Morgan fingerprint density at radius 3 is 2.45 bits per heavy atom. The molecule has 1 amide bonds. The van der Waals surface area contributed by atoms with E-state index in [4.69, 9.17) is 0 Å². The highest BCUT2D eigenvalue weighted by Crippen LogP contribution is 2.29. The molecule has 110 valence electrons. The fourth-order valence-electron chi connectivity index (χ4n) is 2.55. The molecule has 3 nitrogen and oxygen atoms in total. The van der Waals surface area contributed by atoms with E-state index < -0.39 is 0 Å². The number of carbonyl (C=O) groups excluding carboxylic acids is 1. The van der Waals surface area contributed by atoms with Crippen LogP contribution in [0.1, 0.15) is 38.3 Å². The molecular weight excluding hydrogens is 268 g/mol. The van der Waals surface area contributed by atoms with Gasteiger partial charge in [0.2, 0.25) is 5.91 Å². The molecule has 20 heavy (non-hydrogen) atoms. The minimum absolute atomic E-state index is 0.0603. The number of benzene rings is 1. The first-order valence-corrected chi connectivity index (χ1v) is 8.43. The van der Waals surface area contributed by atoms with Crippen LogP contribution in [0.5, 0.6) is 0 Å². The molecule has 1 aromatic rings. The van der Waals surface area contributed by atoms with Crippen molar-refractivity contribution in [2.45, 2.75) is 37.6 Å². The Morgan fingerprint density at radius 2 is 1.90 bits per heavy atom. The van der Waals surface area contributed by atoms with Gasteiger partial charge in [-0.15, -0.1) is 11.8 Å². The lowest BCUT2D eigenvalue weighted by Gasteiger charge is -2.33. The summed E-state index contributed by atoms with van der Waals surface area (Å²) in [7, 11) is 0. The lowest BCUT2D eigenvalue weighted by Crippen LogP contribution is -2.46. The van der Waals surface area contributed by atoms with E-state index in [1.54, 1.807) is 11.8 Å². The zero-order valence-electron chi connectivity index (χ0n) is 12.5. The molecule has 0 spiro atoms. The Labute approximate surface area is 125 Å². The van der Waals surface area contributed by atoms with Crippen molar-refractivity contribution in [3.8, 4) is 0 Å². The van der Waals surface area contributed by atoms with E-state index in [0.717, 1.165) is 31.5 Å². The highest BCUT2D eigenvalue weighted by atomic mass is 32.2. The molecule has 2 rings (SSSR count). The average Bonchev–Trinajstić information content (AvgIpc) is 2.48. The topological polar surface area (TPSA) is 41.1 Å². The SMILES string of the molecule is CSc1ccc(C(C)NC(=O)C2(C)CCNCC2)cc1. The zero-order chi connectivity index (χ0) is 14.6. The van der Waals surface area contributed by atoms with Crippen LogP contribution in [0, 0.1) is 5.41 Å². The maximum Gasteiger partial charge on any atom is 0.226 e. The first-order valence-electron chi connectivity index (χ1n) is 7.21. The summed E-state index contributed by atoms with van der Waals surface area (Å²) < 4.78 is 0. The highest BCUT2D eigenvalue weighted by Gasteiger charge is 2.35. The summed E-state index contributed by atoms with van der Waals surface area (Å²) in [4.78, 5) is 13.7. The van der Waals surface area contributed by atoms with Crippen LogP contribution >= 0.6 is 11.8 Å². The van der Waals surface area contributed by atoms with Crippen LogP contribution in [0.15, 0.2) is 29.2 Å². The minimum Gasteiger partial charge on any atom is -0.349 e. The molecule has 1 aliphatic heterocycles. The van der Waals surface area contributed by atoms with Crippen LogP contribution in [0.4, 0.5) is 0 Å². The van der Waals surface area contributed by atoms with Crippen molar-refractivity contribution in [3.05, 3.63) is 29.8 Å². The summed E-state index contributed by atoms with van der Waals surface area (Å²) in [5, 5.41) is 6.48. The van der Waals surface area contributed by atoms with Crippen molar-refractivity contribution >= 4 is 17.7 Å². The summed E-state index contributed by atoms with van der Waals surface area (Å²) >= 11 is 1.73. The monoisotopic (exact) mass is 292 g/mol. The fraction of sp³-hybridized carbons (Fsp3) is 0.562. The number of hydrogen-bond acceptors (Lipinski definition) is 3. The van der Waals surface area contributed by atoms with E-state index in [2.05, 4.69) is 55.0 Å². The number of carbonyl (C=O) groups is 1. The Bertz CT molecular complexity index is 452. The van der Waals surface area contributed by atoms with E-state index in [9.17, 15) is 4.79 Å². The first-order chi connectivity index (χ1) is 9.55. The number of piperidine rings is 1. The average molecular weight is 292 g/mol. The van der Waals surface area contributed by atoms with Gasteiger partial charge in [0.25, 0.3) is 0 Å². The molecule has 1 aromatic carbocycles. The molecule has 0 aliphatic carbocycles. The summed E-state index contributed by atoms with van der Waals surface area (Å²) in [6, 6.07) is 8.47.